The smallest absolute Gasteiger partial charge is 0.0521 e. The predicted molar refractivity (Wildman–Crippen MR) is 87.0 cm³/mol. The summed E-state index contributed by atoms with van der Waals surface area (Å²) in [5.41, 5.74) is 2.35. The minimum absolute atomic E-state index is 0.291. The molecule has 0 bridgehead atoms. The third kappa shape index (κ3) is 1.86. The van der Waals surface area contributed by atoms with Crippen LogP contribution in [-0.2, 0) is 4.74 Å². The van der Waals surface area contributed by atoms with Crippen LogP contribution < -0.4 is 0 Å². The second kappa shape index (κ2) is 4.84. The minimum Gasteiger partial charge on any atom is -0.384 e. The predicted octanol–water partition coefficient (Wildman–Crippen LogP) is 4.91. The van der Waals surface area contributed by atoms with E-state index >= 15 is 0 Å². The van der Waals surface area contributed by atoms with E-state index in [0.29, 0.717) is 10.8 Å². The molecule has 0 aromatic rings. The van der Waals surface area contributed by atoms with Crippen LogP contribution in [0.5, 0.6) is 0 Å². The third-order valence-corrected chi connectivity index (χ3v) is 7.12. The van der Waals surface area contributed by atoms with Crippen molar-refractivity contribution in [1.29, 1.82) is 0 Å². The first-order valence-electron chi connectivity index (χ1n) is 8.75. The van der Waals surface area contributed by atoms with Gasteiger partial charge in [-0.25, -0.2) is 0 Å². The molecule has 1 heteroatoms. The second-order valence-corrected chi connectivity index (χ2v) is 7.96. The van der Waals surface area contributed by atoms with Gasteiger partial charge < -0.3 is 4.74 Å². The van der Waals surface area contributed by atoms with E-state index in [2.05, 4.69) is 37.3 Å². The van der Waals surface area contributed by atoms with Crippen molar-refractivity contribution in [3.05, 3.63) is 36.0 Å². The molecule has 2 fully saturated rings. The molecule has 0 saturated heterocycles. The SMILES string of the molecule is COC[C@@]12CCC[C@H]1[C@@H]1C=CC3=CCC=C[C@]3(C)[C@H]1CC2. The second-order valence-electron chi connectivity index (χ2n) is 7.96. The van der Waals surface area contributed by atoms with Crippen molar-refractivity contribution in [3.63, 3.8) is 0 Å². The van der Waals surface area contributed by atoms with E-state index in [1.54, 1.807) is 5.57 Å². The van der Waals surface area contributed by atoms with E-state index in [-0.39, 0.29) is 0 Å². The molecule has 0 radical (unpaired) electrons. The van der Waals surface area contributed by atoms with Crippen LogP contribution in [0.15, 0.2) is 36.0 Å². The van der Waals surface area contributed by atoms with Crippen molar-refractivity contribution >= 4 is 0 Å². The molecule has 0 spiro atoms. The molecule has 0 aromatic carbocycles. The minimum atomic E-state index is 0.291. The zero-order chi connectivity index (χ0) is 14.5. The monoisotopic (exact) mass is 284 g/mol. The highest BCUT2D eigenvalue weighted by atomic mass is 16.5. The van der Waals surface area contributed by atoms with E-state index in [0.717, 1.165) is 30.8 Å². The lowest BCUT2D eigenvalue weighted by molar-refractivity contribution is -0.0357. The number of hydrogen-bond acceptors (Lipinski definition) is 1. The van der Waals surface area contributed by atoms with E-state index < -0.39 is 0 Å². The van der Waals surface area contributed by atoms with Crippen LogP contribution in [0.2, 0.25) is 0 Å². The summed E-state index contributed by atoms with van der Waals surface area (Å²) in [6.07, 6.45) is 20.4. The van der Waals surface area contributed by atoms with Crippen LogP contribution >= 0.6 is 0 Å². The van der Waals surface area contributed by atoms with Gasteiger partial charge in [0.05, 0.1) is 6.61 Å². The molecule has 0 amide bonds. The van der Waals surface area contributed by atoms with Crippen molar-refractivity contribution in [1.82, 2.24) is 0 Å². The Labute approximate surface area is 129 Å². The van der Waals surface area contributed by atoms with Gasteiger partial charge in [-0.3, -0.25) is 0 Å². The zero-order valence-electron chi connectivity index (χ0n) is 13.5. The van der Waals surface area contributed by atoms with E-state index in [4.69, 9.17) is 4.74 Å². The summed E-state index contributed by atoms with van der Waals surface area (Å²) in [4.78, 5) is 0. The summed E-state index contributed by atoms with van der Waals surface area (Å²) in [6.45, 7) is 3.46. The van der Waals surface area contributed by atoms with E-state index in [9.17, 15) is 0 Å². The lowest BCUT2D eigenvalue weighted by Gasteiger charge is -2.54. The van der Waals surface area contributed by atoms with E-state index in [1.165, 1.54) is 32.1 Å². The molecular weight excluding hydrogens is 256 g/mol. The van der Waals surface area contributed by atoms with Crippen LogP contribution in [-0.4, -0.2) is 13.7 Å². The molecule has 1 nitrogen and oxygen atoms in total. The molecule has 4 rings (SSSR count). The highest BCUT2D eigenvalue weighted by Crippen LogP contribution is 2.63. The molecule has 21 heavy (non-hydrogen) atoms. The van der Waals surface area contributed by atoms with Gasteiger partial charge in [0.2, 0.25) is 0 Å². The van der Waals surface area contributed by atoms with Gasteiger partial charge in [0.15, 0.2) is 0 Å². The Bertz CT molecular complexity index is 514. The first-order valence-corrected chi connectivity index (χ1v) is 8.75. The summed E-state index contributed by atoms with van der Waals surface area (Å²) in [7, 11) is 1.89. The normalized spacial score (nSPS) is 47.5. The van der Waals surface area contributed by atoms with Gasteiger partial charge in [0, 0.05) is 12.5 Å². The quantitative estimate of drug-likeness (QED) is 0.655. The first-order chi connectivity index (χ1) is 10.2. The summed E-state index contributed by atoms with van der Waals surface area (Å²) in [5, 5.41) is 0. The Balaban J connectivity index is 1.72. The van der Waals surface area contributed by atoms with Gasteiger partial charge in [-0.15, -0.1) is 0 Å². The number of allylic oxidation sites excluding steroid dienone is 6. The number of rotatable bonds is 2. The molecule has 2 saturated carbocycles. The molecule has 0 heterocycles. The van der Waals surface area contributed by atoms with Gasteiger partial charge in [0.25, 0.3) is 0 Å². The number of hydrogen-bond donors (Lipinski definition) is 0. The van der Waals surface area contributed by atoms with Crippen LogP contribution in [0.25, 0.3) is 0 Å². The molecular formula is C20H28O. The van der Waals surface area contributed by atoms with Crippen LogP contribution in [0.1, 0.15) is 45.4 Å². The third-order valence-electron chi connectivity index (χ3n) is 7.12. The van der Waals surface area contributed by atoms with Gasteiger partial charge in [-0.05, 0) is 60.8 Å². The zero-order valence-corrected chi connectivity index (χ0v) is 13.5. The summed E-state index contributed by atoms with van der Waals surface area (Å²) >= 11 is 0. The summed E-state index contributed by atoms with van der Waals surface area (Å²) < 4.78 is 5.65. The molecule has 0 aliphatic heterocycles. The number of fused-ring (bicyclic) bond motifs is 5. The van der Waals surface area contributed by atoms with Gasteiger partial charge in [0.1, 0.15) is 0 Å². The fourth-order valence-electron chi connectivity index (χ4n) is 6.12. The first kappa shape index (κ1) is 13.8. The number of methoxy groups -OCH3 is 1. The van der Waals surface area contributed by atoms with Crippen LogP contribution in [0.3, 0.4) is 0 Å². The molecule has 5 atom stereocenters. The van der Waals surface area contributed by atoms with Crippen LogP contribution in [0.4, 0.5) is 0 Å². The Morgan fingerprint density at radius 3 is 3.00 bits per heavy atom. The fourth-order valence-corrected chi connectivity index (χ4v) is 6.12. The maximum absolute atomic E-state index is 5.65. The maximum Gasteiger partial charge on any atom is 0.0521 e. The van der Waals surface area contributed by atoms with Crippen molar-refractivity contribution < 1.29 is 4.74 Å². The van der Waals surface area contributed by atoms with E-state index in [1.807, 2.05) is 7.11 Å². The molecule has 114 valence electrons. The highest BCUT2D eigenvalue weighted by Gasteiger charge is 2.55. The lowest BCUT2D eigenvalue weighted by Crippen LogP contribution is -2.48. The Morgan fingerprint density at radius 2 is 2.14 bits per heavy atom. The average Bonchev–Trinajstić information content (AvgIpc) is 2.91. The van der Waals surface area contributed by atoms with Gasteiger partial charge >= 0.3 is 0 Å². The fraction of sp³-hybridized carbons (Fsp3) is 0.700. The van der Waals surface area contributed by atoms with Crippen molar-refractivity contribution in [2.75, 3.05) is 13.7 Å². The van der Waals surface area contributed by atoms with Crippen LogP contribution in [0, 0.1) is 28.6 Å². The molecule has 4 aliphatic rings. The number of ether oxygens (including phenoxy) is 1. The molecule has 0 N–H and O–H groups in total. The average molecular weight is 284 g/mol. The van der Waals surface area contributed by atoms with Crippen molar-refractivity contribution in [2.45, 2.75) is 45.4 Å². The highest BCUT2D eigenvalue weighted by molar-refractivity contribution is 5.40. The van der Waals surface area contributed by atoms with Gasteiger partial charge in [-0.1, -0.05) is 43.7 Å². The summed E-state index contributed by atoms with van der Waals surface area (Å²) in [5.74, 6) is 2.42. The molecule has 0 unspecified atom stereocenters. The molecule has 4 aliphatic carbocycles. The van der Waals surface area contributed by atoms with Crippen molar-refractivity contribution in [2.24, 2.45) is 28.6 Å². The standard InChI is InChI=1S/C20H28O/c1-19-11-4-3-6-15(19)8-9-16-17(19)10-13-20(14-21-2)12-5-7-18(16)20/h4,6,8-9,11,16-18H,3,5,7,10,12-14H2,1-2H3/t16-,17+,18+,19+,20+/m1/s1. The largest absolute Gasteiger partial charge is 0.384 e. The molecule has 0 aromatic heterocycles. The summed E-state index contributed by atoms with van der Waals surface area (Å²) in [6, 6.07) is 0. The maximum atomic E-state index is 5.65. The Kier molecular flexibility index (Phi) is 3.19. The van der Waals surface area contributed by atoms with Gasteiger partial charge in [-0.2, -0.15) is 0 Å². The lowest BCUT2D eigenvalue weighted by atomic mass is 9.50. The van der Waals surface area contributed by atoms with Crippen molar-refractivity contribution in [3.8, 4) is 0 Å². The Morgan fingerprint density at radius 1 is 1.24 bits per heavy atom. The topological polar surface area (TPSA) is 9.23 Å². The Hall–Kier alpha value is -0.820.